The molecule has 0 aliphatic rings. The summed E-state index contributed by atoms with van der Waals surface area (Å²) in [4.78, 5) is 10.6. The van der Waals surface area contributed by atoms with Gasteiger partial charge in [-0.05, 0) is 12.1 Å². The van der Waals surface area contributed by atoms with E-state index in [9.17, 15) is 4.79 Å². The van der Waals surface area contributed by atoms with Crippen LogP contribution in [0.1, 0.15) is 0 Å². The Bertz CT molecular complexity index is 614. The van der Waals surface area contributed by atoms with Gasteiger partial charge in [0.15, 0.2) is 5.16 Å². The van der Waals surface area contributed by atoms with Crippen molar-refractivity contribution in [3.63, 3.8) is 0 Å². The summed E-state index contributed by atoms with van der Waals surface area (Å²) in [6.07, 6.45) is 1.51. The van der Waals surface area contributed by atoms with Crippen molar-refractivity contribution in [1.82, 2.24) is 14.8 Å². The first-order chi connectivity index (χ1) is 9.65. The SMILES string of the molecule is COc1ccc(-n2cnnc2SCC(=O)O)c(OC)c1. The van der Waals surface area contributed by atoms with Gasteiger partial charge in [0.05, 0.1) is 25.7 Å². The highest BCUT2D eigenvalue weighted by atomic mass is 32.2. The summed E-state index contributed by atoms with van der Waals surface area (Å²) < 4.78 is 12.1. The Morgan fingerprint density at radius 2 is 2.20 bits per heavy atom. The quantitative estimate of drug-likeness (QED) is 0.807. The van der Waals surface area contributed by atoms with E-state index in [1.54, 1.807) is 37.0 Å². The summed E-state index contributed by atoms with van der Waals surface area (Å²) in [5.74, 6) is 0.253. The fraction of sp³-hybridized carbons (Fsp3) is 0.250. The van der Waals surface area contributed by atoms with Crippen LogP contribution in [0.4, 0.5) is 0 Å². The third-order valence-corrected chi connectivity index (χ3v) is 3.42. The maximum Gasteiger partial charge on any atom is 0.313 e. The summed E-state index contributed by atoms with van der Waals surface area (Å²) in [5.41, 5.74) is 0.714. The Kier molecular flexibility index (Phi) is 4.46. The zero-order chi connectivity index (χ0) is 14.5. The largest absolute Gasteiger partial charge is 0.497 e. The first kappa shape index (κ1) is 14.2. The average Bonchev–Trinajstić information content (AvgIpc) is 2.92. The van der Waals surface area contributed by atoms with Gasteiger partial charge in [-0.25, -0.2) is 0 Å². The zero-order valence-electron chi connectivity index (χ0n) is 10.9. The monoisotopic (exact) mass is 295 g/mol. The number of ether oxygens (including phenoxy) is 2. The highest BCUT2D eigenvalue weighted by Crippen LogP contribution is 2.30. The molecule has 20 heavy (non-hydrogen) atoms. The van der Waals surface area contributed by atoms with E-state index in [0.29, 0.717) is 22.3 Å². The van der Waals surface area contributed by atoms with E-state index in [1.807, 2.05) is 0 Å². The lowest BCUT2D eigenvalue weighted by molar-refractivity contribution is -0.133. The minimum atomic E-state index is -0.911. The van der Waals surface area contributed by atoms with Gasteiger partial charge < -0.3 is 14.6 Å². The Morgan fingerprint density at radius 1 is 1.40 bits per heavy atom. The molecule has 1 N–H and O–H groups in total. The molecule has 2 aromatic rings. The fourth-order valence-corrected chi connectivity index (χ4v) is 2.24. The van der Waals surface area contributed by atoms with Gasteiger partial charge in [-0.15, -0.1) is 10.2 Å². The molecule has 1 heterocycles. The van der Waals surface area contributed by atoms with Crippen LogP contribution < -0.4 is 9.47 Å². The van der Waals surface area contributed by atoms with Gasteiger partial charge in [-0.3, -0.25) is 9.36 Å². The number of benzene rings is 1. The first-order valence-electron chi connectivity index (χ1n) is 5.62. The van der Waals surface area contributed by atoms with Crippen LogP contribution in [-0.2, 0) is 4.79 Å². The molecule has 0 spiro atoms. The lowest BCUT2D eigenvalue weighted by Crippen LogP contribution is -2.02. The summed E-state index contributed by atoms with van der Waals surface area (Å²) in [7, 11) is 3.12. The Balaban J connectivity index is 2.36. The average molecular weight is 295 g/mol. The van der Waals surface area contributed by atoms with Gasteiger partial charge in [-0.1, -0.05) is 11.8 Å². The maximum absolute atomic E-state index is 10.6. The molecule has 0 aliphatic carbocycles. The molecule has 0 fully saturated rings. The van der Waals surface area contributed by atoms with Gasteiger partial charge in [0.2, 0.25) is 0 Å². The number of aliphatic carboxylic acids is 1. The second kappa shape index (κ2) is 6.29. The summed E-state index contributed by atoms with van der Waals surface area (Å²) >= 11 is 1.09. The van der Waals surface area contributed by atoms with E-state index < -0.39 is 5.97 Å². The Morgan fingerprint density at radius 3 is 2.85 bits per heavy atom. The second-order valence-corrected chi connectivity index (χ2v) is 4.65. The molecule has 0 bridgehead atoms. The number of carboxylic acid groups (broad SMARTS) is 1. The van der Waals surface area contributed by atoms with Crippen molar-refractivity contribution in [2.75, 3.05) is 20.0 Å². The third kappa shape index (κ3) is 3.02. The topological polar surface area (TPSA) is 86.5 Å². The molecule has 8 heteroatoms. The van der Waals surface area contributed by atoms with Crippen molar-refractivity contribution in [2.24, 2.45) is 0 Å². The number of thioether (sulfide) groups is 1. The lowest BCUT2D eigenvalue weighted by atomic mass is 10.2. The lowest BCUT2D eigenvalue weighted by Gasteiger charge is -2.12. The molecule has 0 unspecified atom stereocenters. The van der Waals surface area contributed by atoms with E-state index in [2.05, 4.69) is 10.2 Å². The van der Waals surface area contributed by atoms with Gasteiger partial charge in [-0.2, -0.15) is 0 Å². The number of carbonyl (C=O) groups is 1. The molecule has 2 rings (SSSR count). The number of rotatable bonds is 6. The van der Waals surface area contributed by atoms with Gasteiger partial charge in [0.1, 0.15) is 17.8 Å². The first-order valence-corrected chi connectivity index (χ1v) is 6.61. The molecule has 0 atom stereocenters. The molecule has 7 nitrogen and oxygen atoms in total. The summed E-state index contributed by atoms with van der Waals surface area (Å²) in [6.45, 7) is 0. The molecule has 1 aromatic heterocycles. The zero-order valence-corrected chi connectivity index (χ0v) is 11.8. The van der Waals surface area contributed by atoms with Crippen LogP contribution in [0.15, 0.2) is 29.7 Å². The minimum Gasteiger partial charge on any atom is -0.497 e. The number of hydrogen-bond donors (Lipinski definition) is 1. The highest BCUT2D eigenvalue weighted by molar-refractivity contribution is 7.99. The van der Waals surface area contributed by atoms with Crippen molar-refractivity contribution in [3.8, 4) is 17.2 Å². The molecule has 0 saturated carbocycles. The van der Waals surface area contributed by atoms with Crippen LogP contribution >= 0.6 is 11.8 Å². The van der Waals surface area contributed by atoms with Crippen LogP contribution in [0.5, 0.6) is 11.5 Å². The Labute approximate surface area is 119 Å². The van der Waals surface area contributed by atoms with E-state index in [4.69, 9.17) is 14.6 Å². The standard InChI is InChI=1S/C12H13N3O4S/c1-18-8-3-4-9(10(5-8)19-2)15-7-13-14-12(15)20-6-11(16)17/h3-5,7H,6H2,1-2H3,(H,16,17). The number of methoxy groups -OCH3 is 2. The van der Waals surface area contributed by atoms with E-state index >= 15 is 0 Å². The van der Waals surface area contributed by atoms with Crippen molar-refractivity contribution in [1.29, 1.82) is 0 Å². The van der Waals surface area contributed by atoms with Gasteiger partial charge in [0, 0.05) is 6.07 Å². The predicted octanol–water partition coefficient (Wildman–Crippen LogP) is 1.46. The van der Waals surface area contributed by atoms with Crippen LogP contribution in [0.2, 0.25) is 0 Å². The van der Waals surface area contributed by atoms with Crippen molar-refractivity contribution >= 4 is 17.7 Å². The second-order valence-electron chi connectivity index (χ2n) is 3.70. The van der Waals surface area contributed by atoms with Crippen molar-refractivity contribution < 1.29 is 19.4 Å². The van der Waals surface area contributed by atoms with Crippen LogP contribution in [0.3, 0.4) is 0 Å². The predicted molar refractivity (Wildman–Crippen MR) is 72.8 cm³/mol. The summed E-state index contributed by atoms with van der Waals surface area (Å²) in [6, 6.07) is 5.32. The summed E-state index contributed by atoms with van der Waals surface area (Å²) in [5, 5.41) is 16.9. The fourth-order valence-electron chi connectivity index (χ4n) is 1.60. The van der Waals surface area contributed by atoms with Crippen molar-refractivity contribution in [2.45, 2.75) is 5.16 Å². The number of aromatic nitrogens is 3. The molecule has 1 aromatic carbocycles. The van der Waals surface area contributed by atoms with Crippen LogP contribution in [0.25, 0.3) is 5.69 Å². The molecule has 0 amide bonds. The van der Waals surface area contributed by atoms with Crippen LogP contribution in [0, 0.1) is 0 Å². The molecule has 0 saturated heterocycles. The molecule has 0 aliphatic heterocycles. The Hall–Kier alpha value is -2.22. The molecule has 106 valence electrons. The number of carboxylic acids is 1. The van der Waals surface area contributed by atoms with E-state index in [-0.39, 0.29) is 5.75 Å². The van der Waals surface area contributed by atoms with E-state index in [1.165, 1.54) is 6.33 Å². The van der Waals surface area contributed by atoms with E-state index in [0.717, 1.165) is 11.8 Å². The normalized spacial score (nSPS) is 10.3. The minimum absolute atomic E-state index is 0.0861. The maximum atomic E-state index is 10.6. The molecular weight excluding hydrogens is 282 g/mol. The third-order valence-electron chi connectivity index (χ3n) is 2.49. The molecule has 0 radical (unpaired) electrons. The highest BCUT2D eigenvalue weighted by Gasteiger charge is 2.13. The van der Waals surface area contributed by atoms with Gasteiger partial charge in [0.25, 0.3) is 0 Å². The number of nitrogens with zero attached hydrogens (tertiary/aromatic N) is 3. The van der Waals surface area contributed by atoms with Crippen molar-refractivity contribution in [3.05, 3.63) is 24.5 Å². The van der Waals surface area contributed by atoms with Crippen LogP contribution in [-0.4, -0.2) is 45.8 Å². The number of hydrogen-bond acceptors (Lipinski definition) is 6. The van der Waals surface area contributed by atoms with Gasteiger partial charge >= 0.3 is 5.97 Å². The molecular formula is C12H13N3O4S. The smallest absolute Gasteiger partial charge is 0.313 e.